The zero-order valence-electron chi connectivity index (χ0n) is 8.67. The predicted octanol–water partition coefficient (Wildman–Crippen LogP) is 1.74. The van der Waals surface area contributed by atoms with E-state index in [2.05, 4.69) is 10.1 Å². The van der Waals surface area contributed by atoms with Crippen molar-refractivity contribution in [2.75, 3.05) is 7.11 Å². The Hall–Kier alpha value is -1.91. The Morgan fingerprint density at radius 1 is 1.44 bits per heavy atom. The summed E-state index contributed by atoms with van der Waals surface area (Å²) >= 11 is 0. The number of nitrogens with one attached hydrogen (secondary N) is 1. The van der Waals surface area contributed by atoms with Crippen molar-refractivity contribution >= 4 is 5.97 Å². The maximum Gasteiger partial charge on any atom is 0.331 e. The van der Waals surface area contributed by atoms with Crippen LogP contribution in [0.1, 0.15) is 5.56 Å². The summed E-state index contributed by atoms with van der Waals surface area (Å²) in [4.78, 5) is 10.7. The van der Waals surface area contributed by atoms with E-state index >= 15 is 0 Å². The fraction of sp³-hybridized carbons (Fsp3) is 0.182. The number of methoxy groups -OCH3 is 1. The maximum absolute atomic E-state index is 12.8. The molecule has 0 unspecified atom stereocenters. The third-order valence-corrected chi connectivity index (χ3v) is 1.83. The normalized spacial score (nSPS) is 10.4. The van der Waals surface area contributed by atoms with Crippen molar-refractivity contribution in [3.05, 3.63) is 47.7 Å². The molecular weight excluding hydrogens is 216 g/mol. The fourth-order valence-corrected chi connectivity index (χ4v) is 1.02. The molecule has 0 bridgehead atoms. The summed E-state index contributed by atoms with van der Waals surface area (Å²) in [6, 6.07) is 3.60. The van der Waals surface area contributed by atoms with Crippen LogP contribution >= 0.6 is 0 Å². The highest BCUT2D eigenvalue weighted by molar-refractivity contribution is 5.81. The second kappa shape index (κ2) is 5.85. The molecule has 0 aromatic heterocycles. The van der Waals surface area contributed by atoms with Crippen molar-refractivity contribution in [3.8, 4) is 0 Å². The molecule has 0 atom stereocenters. The summed E-state index contributed by atoms with van der Waals surface area (Å²) in [6.45, 7) is 0.296. The minimum Gasteiger partial charge on any atom is -0.466 e. The largest absolute Gasteiger partial charge is 0.466 e. The Morgan fingerprint density at radius 3 is 2.81 bits per heavy atom. The number of esters is 1. The van der Waals surface area contributed by atoms with Gasteiger partial charge in [0.25, 0.3) is 0 Å². The summed E-state index contributed by atoms with van der Waals surface area (Å²) in [5, 5.41) is 2.74. The SMILES string of the molecule is COC(=O)/C=C/NCc1ccc(F)c(F)c1. The van der Waals surface area contributed by atoms with E-state index in [1.165, 1.54) is 25.5 Å². The average Bonchev–Trinajstić information content (AvgIpc) is 2.28. The lowest BCUT2D eigenvalue weighted by Gasteiger charge is -2.01. The van der Waals surface area contributed by atoms with Crippen molar-refractivity contribution in [3.63, 3.8) is 0 Å². The van der Waals surface area contributed by atoms with Gasteiger partial charge < -0.3 is 10.1 Å². The quantitative estimate of drug-likeness (QED) is 0.629. The van der Waals surface area contributed by atoms with Crippen molar-refractivity contribution < 1.29 is 18.3 Å². The van der Waals surface area contributed by atoms with E-state index in [1.807, 2.05) is 0 Å². The zero-order valence-corrected chi connectivity index (χ0v) is 8.67. The lowest BCUT2D eigenvalue weighted by Crippen LogP contribution is -2.06. The van der Waals surface area contributed by atoms with Gasteiger partial charge in [0.15, 0.2) is 11.6 Å². The van der Waals surface area contributed by atoms with E-state index in [-0.39, 0.29) is 0 Å². The number of hydrogen-bond donors (Lipinski definition) is 1. The van der Waals surface area contributed by atoms with Crippen LogP contribution in [0.15, 0.2) is 30.5 Å². The first kappa shape index (κ1) is 12.2. The zero-order chi connectivity index (χ0) is 12.0. The Balaban J connectivity index is 2.46. The van der Waals surface area contributed by atoms with Gasteiger partial charge in [-0.05, 0) is 17.7 Å². The molecule has 0 saturated carbocycles. The number of rotatable bonds is 4. The third kappa shape index (κ3) is 3.68. The minimum atomic E-state index is -0.892. The minimum absolute atomic E-state index is 0.296. The summed E-state index contributed by atoms with van der Waals surface area (Å²) in [6.07, 6.45) is 2.58. The number of ether oxygens (including phenoxy) is 1. The highest BCUT2D eigenvalue weighted by Crippen LogP contribution is 2.08. The first-order chi connectivity index (χ1) is 7.63. The molecule has 0 fully saturated rings. The van der Waals surface area contributed by atoms with Gasteiger partial charge in [0.2, 0.25) is 0 Å². The van der Waals surface area contributed by atoms with E-state index in [4.69, 9.17) is 0 Å². The van der Waals surface area contributed by atoms with E-state index in [1.54, 1.807) is 0 Å². The van der Waals surface area contributed by atoms with Gasteiger partial charge in [0, 0.05) is 18.8 Å². The Kier molecular flexibility index (Phi) is 4.44. The van der Waals surface area contributed by atoms with Crippen molar-refractivity contribution in [2.24, 2.45) is 0 Å². The lowest BCUT2D eigenvalue weighted by molar-refractivity contribution is -0.134. The molecule has 1 aromatic rings. The van der Waals surface area contributed by atoms with Crippen LogP contribution in [0, 0.1) is 11.6 Å². The number of halogens is 2. The molecule has 16 heavy (non-hydrogen) atoms. The second-order valence-electron chi connectivity index (χ2n) is 2.99. The van der Waals surface area contributed by atoms with Gasteiger partial charge in [-0.1, -0.05) is 6.07 Å². The molecule has 3 nitrogen and oxygen atoms in total. The monoisotopic (exact) mass is 227 g/mol. The first-order valence-corrected chi connectivity index (χ1v) is 4.55. The van der Waals surface area contributed by atoms with Crippen molar-refractivity contribution in [1.82, 2.24) is 5.32 Å². The Morgan fingerprint density at radius 2 is 2.19 bits per heavy atom. The first-order valence-electron chi connectivity index (χ1n) is 4.55. The van der Waals surface area contributed by atoms with Gasteiger partial charge in [-0.3, -0.25) is 0 Å². The number of carbonyl (C=O) groups is 1. The van der Waals surface area contributed by atoms with Gasteiger partial charge in [0.05, 0.1) is 7.11 Å². The molecule has 0 amide bonds. The van der Waals surface area contributed by atoms with Gasteiger partial charge in [-0.15, -0.1) is 0 Å². The highest BCUT2D eigenvalue weighted by atomic mass is 19.2. The van der Waals surface area contributed by atoms with Crippen LogP contribution in [0.2, 0.25) is 0 Å². The molecule has 0 spiro atoms. The maximum atomic E-state index is 12.8. The molecule has 0 saturated heterocycles. The van der Waals surface area contributed by atoms with Crippen LogP contribution in [0.25, 0.3) is 0 Å². The smallest absolute Gasteiger partial charge is 0.331 e. The average molecular weight is 227 g/mol. The van der Waals surface area contributed by atoms with Crippen LogP contribution in [-0.4, -0.2) is 13.1 Å². The van der Waals surface area contributed by atoms with Crippen LogP contribution in [0.5, 0.6) is 0 Å². The fourth-order valence-electron chi connectivity index (χ4n) is 1.02. The molecule has 1 aromatic carbocycles. The third-order valence-electron chi connectivity index (χ3n) is 1.83. The summed E-state index contributed by atoms with van der Waals surface area (Å²) in [7, 11) is 1.27. The molecular formula is C11H11F2NO2. The van der Waals surface area contributed by atoms with Gasteiger partial charge in [0.1, 0.15) is 0 Å². The number of carbonyl (C=O) groups excluding carboxylic acids is 1. The number of hydrogen-bond acceptors (Lipinski definition) is 3. The molecule has 0 radical (unpaired) electrons. The Labute approximate surface area is 91.7 Å². The van der Waals surface area contributed by atoms with Crippen molar-refractivity contribution in [2.45, 2.75) is 6.54 Å². The van der Waals surface area contributed by atoms with E-state index in [9.17, 15) is 13.6 Å². The molecule has 5 heteroatoms. The van der Waals surface area contributed by atoms with E-state index in [0.29, 0.717) is 12.1 Å². The molecule has 1 rings (SSSR count). The van der Waals surface area contributed by atoms with Gasteiger partial charge in [-0.25, -0.2) is 13.6 Å². The number of benzene rings is 1. The lowest BCUT2D eigenvalue weighted by atomic mass is 10.2. The summed E-state index contributed by atoms with van der Waals surface area (Å²) < 4.78 is 29.7. The summed E-state index contributed by atoms with van der Waals surface area (Å²) in [5.41, 5.74) is 0.577. The van der Waals surface area contributed by atoms with Gasteiger partial charge >= 0.3 is 5.97 Å². The molecule has 0 aliphatic carbocycles. The van der Waals surface area contributed by atoms with E-state index in [0.717, 1.165) is 12.1 Å². The standard InChI is InChI=1S/C11H11F2NO2/c1-16-11(15)4-5-14-7-8-2-3-9(12)10(13)6-8/h2-6,14H,7H2,1H3/b5-4+. The highest BCUT2D eigenvalue weighted by Gasteiger charge is 2.01. The topological polar surface area (TPSA) is 38.3 Å². The molecule has 0 heterocycles. The predicted molar refractivity (Wildman–Crippen MR) is 54.4 cm³/mol. The molecule has 0 aliphatic heterocycles. The van der Waals surface area contributed by atoms with Crippen LogP contribution < -0.4 is 5.32 Å². The Bertz CT molecular complexity index is 405. The van der Waals surface area contributed by atoms with Crippen LogP contribution in [0.3, 0.4) is 0 Å². The van der Waals surface area contributed by atoms with Gasteiger partial charge in [-0.2, -0.15) is 0 Å². The second-order valence-corrected chi connectivity index (χ2v) is 2.99. The molecule has 0 aliphatic rings. The van der Waals surface area contributed by atoms with E-state index < -0.39 is 17.6 Å². The van der Waals surface area contributed by atoms with Crippen LogP contribution in [-0.2, 0) is 16.1 Å². The molecule has 1 N–H and O–H groups in total. The van der Waals surface area contributed by atoms with Crippen molar-refractivity contribution in [1.29, 1.82) is 0 Å². The van der Waals surface area contributed by atoms with Crippen LogP contribution in [0.4, 0.5) is 8.78 Å². The molecule has 86 valence electrons. The summed E-state index contributed by atoms with van der Waals surface area (Å²) in [5.74, 6) is -2.26.